The van der Waals surface area contributed by atoms with E-state index in [0.717, 1.165) is 17.4 Å². The van der Waals surface area contributed by atoms with Crippen LogP contribution < -0.4 is 0 Å². The quantitative estimate of drug-likeness (QED) is 0.0860. The maximum atomic E-state index is 11.3. The van der Waals surface area contributed by atoms with Crippen LogP contribution in [0.4, 0.5) is 0 Å². The van der Waals surface area contributed by atoms with Gasteiger partial charge in [0, 0.05) is 28.1 Å². The summed E-state index contributed by atoms with van der Waals surface area (Å²) in [7, 11) is 0. The summed E-state index contributed by atoms with van der Waals surface area (Å²) >= 11 is 1.43. The average Bonchev–Trinajstić information content (AvgIpc) is 3.20. The van der Waals surface area contributed by atoms with Gasteiger partial charge < -0.3 is 18.9 Å². The molecule has 67 heavy (non-hydrogen) atoms. The molecule has 2 aromatic carbocycles. The van der Waals surface area contributed by atoms with Crippen LogP contribution in [0.25, 0.3) is 0 Å². The number of carbonyl (C=O) groups is 7. The SMILES string of the molecule is C=COC(=O)C(C)C.CC(=O)C(C)C.CC(C)C(=O)OC(C)(C)C.CC(C)C(=O)OCc1ccccc1.CC(C)C(=O)SC(C)(C)C.CC(C)C(=O)c1ccccc1.CC(C)OC(=O)C(C)C. The molecule has 2 aromatic rings. The Labute approximate surface area is 411 Å². The van der Waals surface area contributed by atoms with Crippen LogP contribution in [0, 0.1) is 41.4 Å². The maximum absolute atomic E-state index is 11.3. The lowest BCUT2D eigenvalue weighted by Gasteiger charge is -2.20. The topological polar surface area (TPSA) is 156 Å². The minimum Gasteiger partial charge on any atom is -0.463 e. The zero-order chi connectivity index (χ0) is 53.8. The van der Waals surface area contributed by atoms with Gasteiger partial charge in [0.15, 0.2) is 10.9 Å². The number of rotatable bonds is 12. The molecule has 0 aliphatic rings. The van der Waals surface area contributed by atoms with Crippen molar-refractivity contribution in [2.75, 3.05) is 0 Å². The van der Waals surface area contributed by atoms with E-state index in [-0.39, 0.29) is 98.4 Å². The molecule has 0 bridgehead atoms. The number of Topliss-reactive ketones (excluding diaryl/α,β-unsaturated/α-hetero) is 2. The van der Waals surface area contributed by atoms with E-state index in [1.54, 1.807) is 20.8 Å². The molecule has 0 atom stereocenters. The third-order valence-corrected chi connectivity index (χ3v) is 8.63. The summed E-state index contributed by atoms with van der Waals surface area (Å²) < 4.78 is 19.5. The number of thioether (sulfide) groups is 1. The minimum atomic E-state index is -0.346. The first-order valence-electron chi connectivity index (χ1n) is 23.2. The van der Waals surface area contributed by atoms with Crippen molar-refractivity contribution >= 4 is 52.3 Å². The van der Waals surface area contributed by atoms with E-state index in [4.69, 9.17) is 14.2 Å². The fourth-order valence-electron chi connectivity index (χ4n) is 3.26. The summed E-state index contributed by atoms with van der Waals surface area (Å²) in [5, 5.41) is 0.285. The first kappa shape index (κ1) is 71.4. The van der Waals surface area contributed by atoms with Gasteiger partial charge in [-0.15, -0.1) is 0 Å². The molecule has 384 valence electrons. The summed E-state index contributed by atoms with van der Waals surface area (Å²) in [6.45, 7) is 46.6. The van der Waals surface area contributed by atoms with Gasteiger partial charge in [-0.05, 0) is 47.1 Å². The van der Waals surface area contributed by atoms with E-state index in [9.17, 15) is 33.6 Å². The fourth-order valence-corrected chi connectivity index (χ4v) is 4.10. The van der Waals surface area contributed by atoms with E-state index in [1.807, 2.05) is 178 Å². The van der Waals surface area contributed by atoms with Crippen LogP contribution in [0.2, 0.25) is 0 Å². The van der Waals surface area contributed by atoms with E-state index < -0.39 is 0 Å². The highest BCUT2D eigenvalue weighted by atomic mass is 32.2. The van der Waals surface area contributed by atoms with Crippen molar-refractivity contribution in [1.82, 2.24) is 0 Å². The number of hydrogen-bond acceptors (Lipinski definition) is 12. The summed E-state index contributed by atoms with van der Waals surface area (Å²) in [5.41, 5.74) is 1.49. The average molecular weight is 961 g/mol. The molecule has 0 radical (unpaired) electrons. The Morgan fingerprint density at radius 3 is 1.15 bits per heavy atom. The first-order chi connectivity index (χ1) is 30.4. The van der Waals surface area contributed by atoms with Crippen molar-refractivity contribution in [3.63, 3.8) is 0 Å². The molecule has 0 N–H and O–H groups in total. The van der Waals surface area contributed by atoms with Crippen molar-refractivity contribution in [1.29, 1.82) is 0 Å². The fraction of sp³-hybridized carbons (Fsp3) is 0.618. The third kappa shape index (κ3) is 50.7. The van der Waals surface area contributed by atoms with Crippen molar-refractivity contribution in [3.05, 3.63) is 84.6 Å². The molecule has 0 aromatic heterocycles. The van der Waals surface area contributed by atoms with Gasteiger partial charge in [-0.1, -0.05) is 197 Å². The number of ketones is 2. The second-order valence-electron chi connectivity index (χ2n) is 19.7. The highest BCUT2D eigenvalue weighted by Gasteiger charge is 2.19. The van der Waals surface area contributed by atoms with Gasteiger partial charge in [-0.2, -0.15) is 0 Å². The number of benzene rings is 2. The molecule has 2 rings (SSSR count). The van der Waals surface area contributed by atoms with Crippen molar-refractivity contribution in [2.45, 2.75) is 182 Å². The molecule has 0 spiro atoms. The Bertz CT molecular complexity index is 1630. The Balaban J connectivity index is -0.000000226. The summed E-state index contributed by atoms with van der Waals surface area (Å²) in [6, 6.07) is 19.1. The molecule has 0 aliphatic heterocycles. The van der Waals surface area contributed by atoms with Crippen LogP contribution >= 0.6 is 11.8 Å². The van der Waals surface area contributed by atoms with Gasteiger partial charge in [-0.25, -0.2) is 0 Å². The van der Waals surface area contributed by atoms with Gasteiger partial charge in [0.1, 0.15) is 18.0 Å². The standard InChI is InChI=1S/C11H14O2.C10H12O.C8H16O2.C8H16OS.C7H14O2.C6H10O2.C5H10O/c1-9(2)11(12)13-8-10-6-4-3-5-7-10;1-8(2)10(11)9-6-4-3-5-7-9;2*1-6(2)7(9)10-8(3,4)5;1-5(2)7(8)9-6(3)4;1-4-8-6(7)5(2)3;1-4(2)5(3)6/h3-7,9H,8H2,1-2H3;3-8H,1-2H3;2*6H,1-5H3;5-6H,1-4H3;4-5H,1H2,2-3H3;4H,1-3H3. The van der Waals surface area contributed by atoms with Crippen LogP contribution in [-0.2, 0) is 54.3 Å². The van der Waals surface area contributed by atoms with E-state index in [0.29, 0.717) is 6.61 Å². The Morgan fingerprint density at radius 2 is 0.925 bits per heavy atom. The molecule has 0 fully saturated rings. The monoisotopic (exact) mass is 961 g/mol. The molecule has 0 amide bonds. The van der Waals surface area contributed by atoms with Crippen molar-refractivity contribution in [2.24, 2.45) is 41.4 Å². The Kier molecular flexibility index (Phi) is 42.0. The van der Waals surface area contributed by atoms with Crippen LogP contribution in [0.15, 0.2) is 73.5 Å². The van der Waals surface area contributed by atoms with Crippen LogP contribution in [0.1, 0.15) is 175 Å². The molecular weight excluding hydrogens is 869 g/mol. The second-order valence-corrected chi connectivity index (χ2v) is 21.5. The zero-order valence-electron chi connectivity index (χ0n) is 45.8. The molecule has 0 saturated heterocycles. The lowest BCUT2D eigenvalue weighted by atomic mass is 10.0. The highest BCUT2D eigenvalue weighted by molar-refractivity contribution is 8.14. The number of esters is 4. The van der Waals surface area contributed by atoms with Gasteiger partial charge in [0.25, 0.3) is 0 Å². The largest absolute Gasteiger partial charge is 0.463 e. The predicted molar refractivity (Wildman–Crippen MR) is 277 cm³/mol. The van der Waals surface area contributed by atoms with Crippen LogP contribution in [0.5, 0.6) is 0 Å². The minimum absolute atomic E-state index is 0.00704. The maximum Gasteiger partial charge on any atom is 0.313 e. The molecular formula is C55H92O11S. The Morgan fingerprint density at radius 1 is 0.537 bits per heavy atom. The van der Waals surface area contributed by atoms with Crippen LogP contribution in [0.3, 0.4) is 0 Å². The summed E-state index contributed by atoms with van der Waals surface area (Å²) in [6.07, 6.45) is 1.15. The van der Waals surface area contributed by atoms with Gasteiger partial charge >= 0.3 is 23.9 Å². The van der Waals surface area contributed by atoms with Crippen LogP contribution in [-0.4, -0.2) is 57.0 Å². The predicted octanol–water partition coefficient (Wildman–Crippen LogP) is 13.8. The number of carbonyl (C=O) groups excluding carboxylic acids is 7. The third-order valence-electron chi connectivity index (χ3n) is 7.34. The zero-order valence-corrected chi connectivity index (χ0v) is 46.6. The Hall–Kier alpha value is -4.58. The molecule has 0 unspecified atom stereocenters. The van der Waals surface area contributed by atoms with Crippen molar-refractivity contribution < 1.29 is 52.5 Å². The van der Waals surface area contributed by atoms with E-state index in [2.05, 4.69) is 32.1 Å². The lowest BCUT2D eigenvalue weighted by molar-refractivity contribution is -0.158. The van der Waals surface area contributed by atoms with Gasteiger partial charge in [-0.3, -0.25) is 33.6 Å². The summed E-state index contributed by atoms with van der Waals surface area (Å²) in [5.74, 6) is 0.150. The highest BCUT2D eigenvalue weighted by Crippen LogP contribution is 2.26. The van der Waals surface area contributed by atoms with Gasteiger partial charge in [0.05, 0.1) is 36.0 Å². The lowest BCUT2D eigenvalue weighted by Crippen LogP contribution is -2.26. The number of ether oxygens (including phenoxy) is 4. The summed E-state index contributed by atoms with van der Waals surface area (Å²) in [4.78, 5) is 75.8. The normalized spacial score (nSPS) is 10.5. The molecule has 11 nitrogen and oxygen atoms in total. The molecule has 0 heterocycles. The second kappa shape index (κ2) is 39.4. The molecule has 0 aliphatic carbocycles. The van der Waals surface area contributed by atoms with Gasteiger partial charge in [0.2, 0.25) is 0 Å². The number of hydrogen-bond donors (Lipinski definition) is 0. The molecule has 0 saturated carbocycles. The van der Waals surface area contributed by atoms with Crippen molar-refractivity contribution in [3.8, 4) is 0 Å². The molecule has 12 heteroatoms. The first-order valence-corrected chi connectivity index (χ1v) is 24.0. The van der Waals surface area contributed by atoms with E-state index in [1.165, 1.54) is 11.8 Å². The van der Waals surface area contributed by atoms with E-state index >= 15 is 0 Å². The smallest absolute Gasteiger partial charge is 0.313 e.